The summed E-state index contributed by atoms with van der Waals surface area (Å²) in [5, 5.41) is 2.75. The van der Waals surface area contributed by atoms with Gasteiger partial charge in [-0.2, -0.15) is 0 Å². The highest BCUT2D eigenvalue weighted by Gasteiger charge is 2.34. The molecule has 1 N–H and O–H groups in total. The van der Waals surface area contributed by atoms with Crippen LogP contribution < -0.4 is 5.32 Å². The Morgan fingerprint density at radius 2 is 1.86 bits per heavy atom. The highest BCUT2D eigenvalue weighted by Crippen LogP contribution is 2.39. The van der Waals surface area contributed by atoms with Gasteiger partial charge < -0.3 is 5.32 Å². The van der Waals surface area contributed by atoms with Crippen LogP contribution >= 0.6 is 0 Å². The molecule has 0 aromatic heterocycles. The summed E-state index contributed by atoms with van der Waals surface area (Å²) in [6.07, 6.45) is 0. The van der Waals surface area contributed by atoms with E-state index in [0.717, 1.165) is 6.07 Å². The minimum Gasteiger partial charge on any atom is -0.381 e. The van der Waals surface area contributed by atoms with Crippen molar-refractivity contribution in [3.63, 3.8) is 0 Å². The number of benzene rings is 1. The molecule has 0 spiro atoms. The van der Waals surface area contributed by atoms with Gasteiger partial charge in [0.05, 0.1) is 5.69 Å². The van der Waals surface area contributed by atoms with Crippen LogP contribution in [0.4, 0.5) is 18.9 Å². The van der Waals surface area contributed by atoms with Crippen molar-refractivity contribution >= 4 is 5.69 Å². The molecular weight excluding hydrogens is 191 g/mol. The lowest BCUT2D eigenvalue weighted by Crippen LogP contribution is -2.19. The first-order valence-corrected chi connectivity index (χ1v) is 4.35. The molecule has 0 saturated carbocycles. The Hall–Kier alpha value is -1.19. The SMILES string of the molecule is CC1(C)CNc2c1cc(F)c(F)c2F. The Balaban J connectivity index is 2.71. The number of nitrogens with one attached hydrogen (secondary N) is 1. The predicted molar refractivity (Wildman–Crippen MR) is 47.8 cm³/mol. The van der Waals surface area contributed by atoms with Crippen molar-refractivity contribution in [3.8, 4) is 0 Å². The highest BCUT2D eigenvalue weighted by molar-refractivity contribution is 5.61. The zero-order valence-corrected chi connectivity index (χ0v) is 7.92. The van der Waals surface area contributed by atoms with Gasteiger partial charge in [0.25, 0.3) is 0 Å². The molecule has 4 heteroatoms. The normalized spacial score (nSPS) is 17.8. The third kappa shape index (κ3) is 1.10. The van der Waals surface area contributed by atoms with Crippen molar-refractivity contribution in [2.24, 2.45) is 0 Å². The summed E-state index contributed by atoms with van der Waals surface area (Å²) in [5.74, 6) is -3.66. The average molecular weight is 201 g/mol. The molecular formula is C10H10F3N. The van der Waals surface area contributed by atoms with Crippen molar-refractivity contribution < 1.29 is 13.2 Å². The molecule has 0 atom stereocenters. The molecule has 1 aliphatic rings. The van der Waals surface area contributed by atoms with Crippen molar-refractivity contribution in [2.45, 2.75) is 19.3 Å². The molecule has 0 amide bonds. The van der Waals surface area contributed by atoms with E-state index < -0.39 is 17.5 Å². The van der Waals surface area contributed by atoms with Crippen LogP contribution in [0.25, 0.3) is 0 Å². The van der Waals surface area contributed by atoms with Crippen LogP contribution in [0.5, 0.6) is 0 Å². The van der Waals surface area contributed by atoms with Gasteiger partial charge in [0.15, 0.2) is 17.5 Å². The smallest absolute Gasteiger partial charge is 0.196 e. The van der Waals surface area contributed by atoms with Crippen LogP contribution in [0.15, 0.2) is 6.07 Å². The van der Waals surface area contributed by atoms with Crippen molar-refractivity contribution in [1.29, 1.82) is 0 Å². The number of halogens is 3. The zero-order chi connectivity index (χ0) is 10.5. The average Bonchev–Trinajstić information content (AvgIpc) is 2.39. The Kier molecular flexibility index (Phi) is 1.77. The minimum atomic E-state index is -1.41. The molecule has 0 bridgehead atoms. The molecule has 1 aliphatic heterocycles. The summed E-state index contributed by atoms with van der Waals surface area (Å²) < 4.78 is 39.0. The van der Waals surface area contributed by atoms with Gasteiger partial charge in [-0.1, -0.05) is 13.8 Å². The molecule has 2 rings (SSSR count). The van der Waals surface area contributed by atoms with Gasteiger partial charge in [0, 0.05) is 12.0 Å². The number of hydrogen-bond acceptors (Lipinski definition) is 1. The van der Waals surface area contributed by atoms with Crippen LogP contribution in [0.1, 0.15) is 19.4 Å². The fourth-order valence-electron chi connectivity index (χ4n) is 1.71. The topological polar surface area (TPSA) is 12.0 Å². The second kappa shape index (κ2) is 2.65. The third-order valence-corrected chi connectivity index (χ3v) is 2.60. The minimum absolute atomic E-state index is 0.0916. The molecule has 0 saturated heterocycles. The Morgan fingerprint density at radius 3 is 2.50 bits per heavy atom. The summed E-state index contributed by atoms with van der Waals surface area (Å²) in [6, 6.07) is 1.06. The summed E-state index contributed by atoms with van der Waals surface area (Å²) in [5.41, 5.74) is 0.229. The molecule has 1 heterocycles. The Labute approximate surface area is 79.9 Å². The van der Waals surface area contributed by atoms with Gasteiger partial charge in [0.1, 0.15) is 0 Å². The second-order valence-electron chi connectivity index (χ2n) is 4.15. The van der Waals surface area contributed by atoms with Gasteiger partial charge in [-0.3, -0.25) is 0 Å². The van der Waals surface area contributed by atoms with Crippen LogP contribution in [-0.4, -0.2) is 6.54 Å². The predicted octanol–water partition coefficient (Wildman–Crippen LogP) is 2.81. The van der Waals surface area contributed by atoms with Gasteiger partial charge >= 0.3 is 0 Å². The van der Waals surface area contributed by atoms with E-state index in [9.17, 15) is 13.2 Å². The van der Waals surface area contributed by atoms with E-state index in [1.165, 1.54) is 0 Å². The van der Waals surface area contributed by atoms with E-state index in [1.807, 2.05) is 13.8 Å². The number of anilines is 1. The quantitative estimate of drug-likeness (QED) is 0.636. The fraction of sp³-hybridized carbons (Fsp3) is 0.400. The largest absolute Gasteiger partial charge is 0.381 e. The molecule has 0 fully saturated rings. The maximum absolute atomic E-state index is 13.2. The monoisotopic (exact) mass is 201 g/mol. The molecule has 0 unspecified atom stereocenters. The first-order valence-electron chi connectivity index (χ1n) is 4.35. The van der Waals surface area contributed by atoms with E-state index in [-0.39, 0.29) is 11.1 Å². The molecule has 1 aromatic carbocycles. The van der Waals surface area contributed by atoms with E-state index in [4.69, 9.17) is 0 Å². The highest BCUT2D eigenvalue weighted by atomic mass is 19.2. The first kappa shape index (κ1) is 9.37. The third-order valence-electron chi connectivity index (χ3n) is 2.60. The molecule has 0 aliphatic carbocycles. The number of rotatable bonds is 0. The van der Waals surface area contributed by atoms with Gasteiger partial charge in [-0.15, -0.1) is 0 Å². The van der Waals surface area contributed by atoms with Gasteiger partial charge in [-0.25, -0.2) is 13.2 Å². The summed E-state index contributed by atoms with van der Waals surface area (Å²) in [4.78, 5) is 0. The summed E-state index contributed by atoms with van der Waals surface area (Å²) >= 11 is 0. The lowest BCUT2D eigenvalue weighted by molar-refractivity contribution is 0.446. The van der Waals surface area contributed by atoms with Crippen LogP contribution in [0.3, 0.4) is 0 Å². The fourth-order valence-corrected chi connectivity index (χ4v) is 1.71. The van der Waals surface area contributed by atoms with E-state index in [0.29, 0.717) is 12.1 Å². The zero-order valence-electron chi connectivity index (χ0n) is 7.92. The van der Waals surface area contributed by atoms with Crippen molar-refractivity contribution in [1.82, 2.24) is 0 Å². The van der Waals surface area contributed by atoms with Crippen molar-refractivity contribution in [3.05, 3.63) is 29.1 Å². The molecule has 14 heavy (non-hydrogen) atoms. The molecule has 0 radical (unpaired) electrons. The Bertz CT molecular complexity index is 399. The number of hydrogen-bond donors (Lipinski definition) is 1. The van der Waals surface area contributed by atoms with Crippen molar-refractivity contribution in [2.75, 3.05) is 11.9 Å². The maximum atomic E-state index is 13.2. The summed E-state index contributed by atoms with van der Waals surface area (Å²) in [7, 11) is 0. The Morgan fingerprint density at radius 1 is 1.21 bits per heavy atom. The summed E-state index contributed by atoms with van der Waals surface area (Å²) in [6.45, 7) is 4.19. The van der Waals surface area contributed by atoms with Gasteiger partial charge in [-0.05, 0) is 11.6 Å². The van der Waals surface area contributed by atoms with E-state index in [1.54, 1.807) is 0 Å². The molecule has 1 nitrogen and oxygen atoms in total. The standard InChI is InChI=1S/C10H10F3N/c1-10(2)4-14-9-5(10)3-6(11)7(12)8(9)13/h3,14H,4H2,1-2H3. The number of fused-ring (bicyclic) bond motifs is 1. The maximum Gasteiger partial charge on any atom is 0.196 e. The lowest BCUT2D eigenvalue weighted by Gasteiger charge is -2.16. The lowest BCUT2D eigenvalue weighted by atomic mass is 9.87. The second-order valence-corrected chi connectivity index (χ2v) is 4.15. The van der Waals surface area contributed by atoms with E-state index >= 15 is 0 Å². The van der Waals surface area contributed by atoms with E-state index in [2.05, 4.69) is 5.32 Å². The molecule has 76 valence electrons. The molecule has 1 aromatic rings. The van der Waals surface area contributed by atoms with Gasteiger partial charge in [0.2, 0.25) is 0 Å². The van der Waals surface area contributed by atoms with Crippen LogP contribution in [-0.2, 0) is 5.41 Å². The first-order chi connectivity index (χ1) is 6.43. The van der Waals surface area contributed by atoms with Crippen LogP contribution in [0.2, 0.25) is 0 Å². The van der Waals surface area contributed by atoms with Crippen LogP contribution in [0, 0.1) is 17.5 Å².